The van der Waals surface area contributed by atoms with Crippen LogP contribution in [0.4, 0.5) is 0 Å². The largest absolute Gasteiger partial charge is 0.491 e. The van der Waals surface area contributed by atoms with Gasteiger partial charge in [0.25, 0.3) is 0 Å². The monoisotopic (exact) mass is 301 g/mol. The summed E-state index contributed by atoms with van der Waals surface area (Å²) in [5.41, 5.74) is 1.41. The highest BCUT2D eigenvalue weighted by molar-refractivity contribution is 5.34. The van der Waals surface area contributed by atoms with Crippen molar-refractivity contribution in [3.05, 3.63) is 47.3 Å². The fourth-order valence-corrected chi connectivity index (χ4v) is 2.06. The summed E-state index contributed by atoms with van der Waals surface area (Å²) in [6.45, 7) is 3.10. The summed E-state index contributed by atoms with van der Waals surface area (Å²) in [7, 11) is 1.90. The third-order valence-corrected chi connectivity index (χ3v) is 3.06. The standard InChI is InChI=1S/C16H19N3O3/c1-12-7-14(18-22-12)9-19(2)10-15(20)11-21-16-5-3-13(8-17)4-6-16/h3-7,15,20H,9-11H2,1-2H3/t15-/m0/s1. The number of ether oxygens (including phenoxy) is 1. The van der Waals surface area contributed by atoms with Gasteiger partial charge in [-0.05, 0) is 38.2 Å². The summed E-state index contributed by atoms with van der Waals surface area (Å²) in [5, 5.41) is 22.6. The molecule has 0 saturated heterocycles. The molecule has 0 saturated carbocycles. The van der Waals surface area contributed by atoms with Gasteiger partial charge >= 0.3 is 0 Å². The SMILES string of the molecule is Cc1cc(CN(C)C[C@H](O)COc2ccc(C#N)cc2)no1. The lowest BCUT2D eigenvalue weighted by Gasteiger charge is -2.19. The van der Waals surface area contributed by atoms with Crippen molar-refractivity contribution in [3.63, 3.8) is 0 Å². The maximum Gasteiger partial charge on any atom is 0.133 e. The second-order valence-corrected chi connectivity index (χ2v) is 5.23. The zero-order valence-electron chi connectivity index (χ0n) is 12.7. The fraction of sp³-hybridized carbons (Fsp3) is 0.375. The molecule has 0 spiro atoms. The van der Waals surface area contributed by atoms with Gasteiger partial charge in [-0.15, -0.1) is 0 Å². The van der Waals surface area contributed by atoms with Gasteiger partial charge in [0.2, 0.25) is 0 Å². The van der Waals surface area contributed by atoms with Crippen molar-refractivity contribution in [2.75, 3.05) is 20.2 Å². The number of nitriles is 1. The Kier molecular flexibility index (Phi) is 5.53. The molecule has 1 aromatic carbocycles. The molecule has 1 aromatic heterocycles. The van der Waals surface area contributed by atoms with Crippen molar-refractivity contribution in [1.29, 1.82) is 5.26 Å². The van der Waals surface area contributed by atoms with Gasteiger partial charge in [0, 0.05) is 19.2 Å². The molecule has 22 heavy (non-hydrogen) atoms. The van der Waals surface area contributed by atoms with E-state index in [0.29, 0.717) is 24.4 Å². The molecule has 0 bridgehead atoms. The predicted octanol–water partition coefficient (Wildman–Crippen LogP) is 1.73. The predicted molar refractivity (Wildman–Crippen MR) is 80.2 cm³/mol. The first kappa shape index (κ1) is 16.0. The Balaban J connectivity index is 1.74. The highest BCUT2D eigenvalue weighted by atomic mass is 16.5. The van der Waals surface area contributed by atoms with Gasteiger partial charge in [-0.3, -0.25) is 4.90 Å². The number of aromatic nitrogens is 1. The number of likely N-dealkylation sites (N-methyl/N-ethyl adjacent to an activating group) is 1. The van der Waals surface area contributed by atoms with Crippen molar-refractivity contribution < 1.29 is 14.4 Å². The summed E-state index contributed by atoms with van der Waals surface area (Å²) in [6, 6.07) is 10.7. The molecule has 6 nitrogen and oxygen atoms in total. The molecule has 0 aliphatic heterocycles. The highest BCUT2D eigenvalue weighted by Gasteiger charge is 2.11. The van der Waals surface area contributed by atoms with Gasteiger partial charge in [0.05, 0.1) is 17.3 Å². The minimum Gasteiger partial charge on any atom is -0.491 e. The normalized spacial score (nSPS) is 12.1. The van der Waals surface area contributed by atoms with E-state index in [2.05, 4.69) is 5.16 Å². The minimum atomic E-state index is -0.617. The van der Waals surface area contributed by atoms with Crippen molar-refractivity contribution in [2.24, 2.45) is 0 Å². The maximum atomic E-state index is 10.0. The molecular formula is C16H19N3O3. The molecule has 1 N–H and O–H groups in total. The fourth-order valence-electron chi connectivity index (χ4n) is 2.06. The number of benzene rings is 1. The number of aliphatic hydroxyl groups is 1. The van der Waals surface area contributed by atoms with E-state index in [1.165, 1.54) is 0 Å². The van der Waals surface area contributed by atoms with Gasteiger partial charge < -0.3 is 14.4 Å². The Morgan fingerprint density at radius 2 is 2.14 bits per heavy atom. The molecule has 1 atom stereocenters. The van der Waals surface area contributed by atoms with Crippen LogP contribution in [0.25, 0.3) is 0 Å². The van der Waals surface area contributed by atoms with Crippen LogP contribution in [0.3, 0.4) is 0 Å². The number of aryl methyl sites for hydroxylation is 1. The van der Waals surface area contributed by atoms with Crippen molar-refractivity contribution in [1.82, 2.24) is 10.1 Å². The molecule has 0 fully saturated rings. The number of aliphatic hydroxyl groups excluding tert-OH is 1. The maximum absolute atomic E-state index is 10.0. The highest BCUT2D eigenvalue weighted by Crippen LogP contribution is 2.12. The lowest BCUT2D eigenvalue weighted by molar-refractivity contribution is 0.0737. The van der Waals surface area contributed by atoms with Crippen LogP contribution in [-0.2, 0) is 6.54 Å². The first-order valence-corrected chi connectivity index (χ1v) is 6.98. The quantitative estimate of drug-likeness (QED) is 0.838. The molecule has 6 heteroatoms. The van der Waals surface area contributed by atoms with Crippen molar-refractivity contribution in [2.45, 2.75) is 19.6 Å². The van der Waals surface area contributed by atoms with Crippen LogP contribution in [0.2, 0.25) is 0 Å². The summed E-state index contributed by atoms with van der Waals surface area (Å²) in [6.07, 6.45) is -0.617. The molecule has 0 radical (unpaired) electrons. The lowest BCUT2D eigenvalue weighted by Crippen LogP contribution is -2.32. The average molecular weight is 301 g/mol. The van der Waals surface area contributed by atoms with Crippen molar-refractivity contribution >= 4 is 0 Å². The van der Waals surface area contributed by atoms with Gasteiger partial charge in [0.15, 0.2) is 0 Å². The van der Waals surface area contributed by atoms with Crippen LogP contribution in [-0.4, -0.2) is 41.5 Å². The van der Waals surface area contributed by atoms with Crippen LogP contribution in [0.5, 0.6) is 5.75 Å². The van der Waals surface area contributed by atoms with E-state index in [1.54, 1.807) is 24.3 Å². The summed E-state index contributed by atoms with van der Waals surface area (Å²) in [4.78, 5) is 1.95. The number of hydrogen-bond acceptors (Lipinski definition) is 6. The van der Waals surface area contributed by atoms with E-state index in [1.807, 2.05) is 31.0 Å². The molecule has 116 valence electrons. The zero-order chi connectivity index (χ0) is 15.9. The van der Waals surface area contributed by atoms with E-state index in [9.17, 15) is 5.11 Å². The van der Waals surface area contributed by atoms with E-state index < -0.39 is 6.10 Å². The number of rotatable bonds is 7. The van der Waals surface area contributed by atoms with E-state index in [4.69, 9.17) is 14.5 Å². The molecular weight excluding hydrogens is 282 g/mol. The molecule has 0 amide bonds. The third kappa shape index (κ3) is 4.88. The van der Waals surface area contributed by atoms with Gasteiger partial charge in [-0.25, -0.2) is 0 Å². The van der Waals surface area contributed by atoms with Gasteiger partial charge in [-0.1, -0.05) is 5.16 Å². The van der Waals surface area contributed by atoms with Crippen LogP contribution in [0, 0.1) is 18.3 Å². The summed E-state index contributed by atoms with van der Waals surface area (Å²) >= 11 is 0. The molecule has 1 heterocycles. The molecule has 2 aromatic rings. The van der Waals surface area contributed by atoms with E-state index in [-0.39, 0.29) is 6.61 Å². The average Bonchev–Trinajstić information content (AvgIpc) is 2.90. The Morgan fingerprint density at radius 3 is 2.73 bits per heavy atom. The smallest absolute Gasteiger partial charge is 0.133 e. The zero-order valence-corrected chi connectivity index (χ0v) is 12.7. The summed E-state index contributed by atoms with van der Waals surface area (Å²) < 4.78 is 10.5. The van der Waals surface area contributed by atoms with Crippen LogP contribution in [0.1, 0.15) is 17.0 Å². The second kappa shape index (κ2) is 7.59. The molecule has 0 aliphatic carbocycles. The van der Waals surface area contributed by atoms with Crippen LogP contribution >= 0.6 is 0 Å². The van der Waals surface area contributed by atoms with Crippen LogP contribution in [0.15, 0.2) is 34.9 Å². The van der Waals surface area contributed by atoms with E-state index >= 15 is 0 Å². The van der Waals surface area contributed by atoms with Gasteiger partial charge in [0.1, 0.15) is 24.2 Å². The minimum absolute atomic E-state index is 0.189. The Hall–Kier alpha value is -2.36. The topological polar surface area (TPSA) is 82.5 Å². The molecule has 0 unspecified atom stereocenters. The molecule has 0 aliphatic rings. The van der Waals surface area contributed by atoms with Crippen LogP contribution < -0.4 is 4.74 Å². The first-order valence-electron chi connectivity index (χ1n) is 6.98. The Morgan fingerprint density at radius 1 is 1.41 bits per heavy atom. The third-order valence-electron chi connectivity index (χ3n) is 3.06. The lowest BCUT2D eigenvalue weighted by atomic mass is 10.2. The molecule has 2 rings (SSSR count). The number of hydrogen-bond donors (Lipinski definition) is 1. The van der Waals surface area contributed by atoms with E-state index in [0.717, 1.165) is 11.5 Å². The number of nitrogens with zero attached hydrogens (tertiary/aromatic N) is 3. The van der Waals surface area contributed by atoms with Gasteiger partial charge in [-0.2, -0.15) is 5.26 Å². The second-order valence-electron chi connectivity index (χ2n) is 5.23. The van der Waals surface area contributed by atoms with Crippen molar-refractivity contribution in [3.8, 4) is 11.8 Å². The summed E-state index contributed by atoms with van der Waals surface area (Å²) in [5.74, 6) is 1.40. The Labute approximate surface area is 129 Å². The Bertz CT molecular complexity index is 631. The first-order chi connectivity index (χ1) is 10.6.